The Kier molecular flexibility index (Phi) is 6.30. The highest BCUT2D eigenvalue weighted by Crippen LogP contribution is 2.42. The third-order valence-corrected chi connectivity index (χ3v) is 8.13. The van der Waals surface area contributed by atoms with Gasteiger partial charge in [0, 0.05) is 60.8 Å². The number of aromatic nitrogens is 3. The maximum atomic E-state index is 13.7. The number of imidazole rings is 1. The summed E-state index contributed by atoms with van der Waals surface area (Å²) >= 11 is 0. The number of nitrogens with zero attached hydrogens (tertiary/aromatic N) is 4. The Morgan fingerprint density at radius 1 is 1.05 bits per heavy atom. The van der Waals surface area contributed by atoms with Crippen molar-refractivity contribution in [2.75, 3.05) is 24.7 Å². The van der Waals surface area contributed by atoms with E-state index >= 15 is 0 Å². The van der Waals surface area contributed by atoms with E-state index in [0.717, 1.165) is 11.8 Å². The van der Waals surface area contributed by atoms with Crippen LogP contribution in [-0.4, -0.2) is 49.0 Å². The summed E-state index contributed by atoms with van der Waals surface area (Å²) in [6.45, 7) is 0. The lowest BCUT2D eigenvalue weighted by Crippen LogP contribution is -2.25. The Hall–Kier alpha value is -5.03. The van der Waals surface area contributed by atoms with E-state index in [4.69, 9.17) is 4.42 Å². The average Bonchev–Trinajstić information content (AvgIpc) is 3.57. The fourth-order valence-corrected chi connectivity index (χ4v) is 5.29. The van der Waals surface area contributed by atoms with Crippen molar-refractivity contribution >= 4 is 38.2 Å². The maximum absolute atomic E-state index is 13.7. The molecular weight excluding hydrogens is 545 g/mol. The third-order valence-electron chi connectivity index (χ3n) is 6.94. The molecule has 0 fully saturated rings. The molecule has 0 radical (unpaired) electrons. The predicted octanol–water partition coefficient (Wildman–Crippen LogP) is 5.37. The number of benzene rings is 3. The average molecular weight is 570 g/mol. The van der Waals surface area contributed by atoms with E-state index in [9.17, 15) is 17.6 Å². The molecular formula is C30H24FN5O4S. The van der Waals surface area contributed by atoms with Gasteiger partial charge in [0.2, 0.25) is 10.0 Å². The van der Waals surface area contributed by atoms with Gasteiger partial charge in [0.15, 0.2) is 5.65 Å². The highest BCUT2D eigenvalue weighted by molar-refractivity contribution is 7.92. The van der Waals surface area contributed by atoms with Gasteiger partial charge in [-0.3, -0.25) is 14.1 Å². The number of amides is 1. The third kappa shape index (κ3) is 4.70. The van der Waals surface area contributed by atoms with E-state index in [-0.39, 0.29) is 11.3 Å². The van der Waals surface area contributed by atoms with E-state index in [1.807, 2.05) is 34.9 Å². The van der Waals surface area contributed by atoms with Gasteiger partial charge in [-0.15, -0.1) is 0 Å². The standard InChI is InChI=1S/C30H24FN5O4S/c1-32-30(37)28-23-14-22(19-5-4-6-20(13-19)24-17-36-12-11-33-16-27(36)34-24)25(35(2)41(3,38)39)15-26(23)40-29(28)18-7-9-21(31)10-8-18/h4-17H,1-3H3,(H,32,37). The number of carbonyl (C=O) groups excluding carboxylic acids is 1. The second kappa shape index (κ2) is 9.86. The first kappa shape index (κ1) is 26.2. The first-order chi connectivity index (χ1) is 19.6. The van der Waals surface area contributed by atoms with Gasteiger partial charge in [-0.1, -0.05) is 18.2 Å². The fraction of sp³-hybridized carbons (Fsp3) is 0.100. The van der Waals surface area contributed by atoms with Crippen molar-refractivity contribution < 1.29 is 22.0 Å². The molecule has 3 aromatic carbocycles. The number of carbonyl (C=O) groups is 1. The number of anilines is 1. The SMILES string of the molecule is CNC(=O)c1c(-c2ccc(F)cc2)oc2cc(N(C)S(C)(=O)=O)c(-c3cccc(-c4cn5ccncc5n4)c3)cc12. The van der Waals surface area contributed by atoms with Gasteiger partial charge >= 0.3 is 0 Å². The maximum Gasteiger partial charge on any atom is 0.255 e. The Bertz CT molecular complexity index is 2030. The van der Waals surface area contributed by atoms with E-state index in [1.165, 1.54) is 42.7 Å². The molecule has 0 saturated carbocycles. The minimum absolute atomic E-state index is 0.247. The Morgan fingerprint density at radius 2 is 1.80 bits per heavy atom. The number of sulfonamides is 1. The van der Waals surface area contributed by atoms with Crippen molar-refractivity contribution in [2.45, 2.75) is 0 Å². The summed E-state index contributed by atoms with van der Waals surface area (Å²) in [5, 5.41) is 3.13. The molecule has 0 atom stereocenters. The smallest absolute Gasteiger partial charge is 0.255 e. The number of rotatable bonds is 6. The number of furan rings is 1. The van der Waals surface area contributed by atoms with Crippen molar-refractivity contribution in [1.29, 1.82) is 0 Å². The fourth-order valence-electron chi connectivity index (χ4n) is 4.79. The first-order valence-corrected chi connectivity index (χ1v) is 14.4. The Balaban J connectivity index is 1.61. The van der Waals surface area contributed by atoms with Crippen LogP contribution in [-0.2, 0) is 10.0 Å². The van der Waals surface area contributed by atoms with Gasteiger partial charge in [0.1, 0.15) is 17.2 Å². The molecule has 3 heterocycles. The number of nitrogens with one attached hydrogen (secondary N) is 1. The number of hydrogen-bond donors (Lipinski definition) is 1. The molecule has 0 bridgehead atoms. The van der Waals surface area contributed by atoms with E-state index in [0.29, 0.717) is 44.7 Å². The van der Waals surface area contributed by atoms with E-state index in [1.54, 1.807) is 30.7 Å². The summed E-state index contributed by atoms with van der Waals surface area (Å²) in [6, 6.07) is 16.5. The lowest BCUT2D eigenvalue weighted by Gasteiger charge is -2.21. The summed E-state index contributed by atoms with van der Waals surface area (Å²) in [7, 11) is -0.697. The minimum atomic E-state index is -3.67. The van der Waals surface area contributed by atoms with Crippen molar-refractivity contribution in [1.82, 2.24) is 19.7 Å². The zero-order valence-corrected chi connectivity index (χ0v) is 23.1. The summed E-state index contributed by atoms with van der Waals surface area (Å²) < 4.78 is 48.2. The molecule has 9 nitrogen and oxygen atoms in total. The van der Waals surface area contributed by atoms with Crippen LogP contribution in [0.3, 0.4) is 0 Å². The Morgan fingerprint density at radius 3 is 2.51 bits per heavy atom. The lowest BCUT2D eigenvalue weighted by molar-refractivity contribution is 0.0964. The monoisotopic (exact) mass is 569 g/mol. The number of fused-ring (bicyclic) bond motifs is 2. The van der Waals surface area contributed by atoms with Crippen LogP contribution in [0.15, 0.2) is 89.9 Å². The molecule has 1 N–H and O–H groups in total. The van der Waals surface area contributed by atoms with Gasteiger partial charge in [0.05, 0.1) is 29.4 Å². The van der Waals surface area contributed by atoms with Crippen LogP contribution < -0.4 is 9.62 Å². The highest BCUT2D eigenvalue weighted by Gasteiger charge is 2.26. The van der Waals surface area contributed by atoms with Crippen molar-refractivity contribution in [2.24, 2.45) is 0 Å². The quantitative estimate of drug-likeness (QED) is 0.289. The van der Waals surface area contributed by atoms with Crippen LogP contribution in [0.1, 0.15) is 10.4 Å². The second-order valence-corrected chi connectivity index (χ2v) is 11.6. The molecule has 6 aromatic rings. The molecule has 0 aliphatic carbocycles. The molecule has 0 aliphatic heterocycles. The molecule has 0 spiro atoms. The topological polar surface area (TPSA) is 110 Å². The molecule has 11 heteroatoms. The summed E-state index contributed by atoms with van der Waals surface area (Å²) in [6.07, 6.45) is 8.15. The first-order valence-electron chi connectivity index (χ1n) is 12.6. The summed E-state index contributed by atoms with van der Waals surface area (Å²) in [5.41, 5.74) is 4.91. The summed E-state index contributed by atoms with van der Waals surface area (Å²) in [4.78, 5) is 21.9. The molecule has 206 valence electrons. The second-order valence-electron chi connectivity index (χ2n) is 9.54. The molecule has 0 aliphatic rings. The minimum Gasteiger partial charge on any atom is -0.455 e. The molecule has 6 rings (SSSR count). The van der Waals surface area contributed by atoms with Crippen molar-refractivity contribution in [3.05, 3.63) is 96.8 Å². The van der Waals surface area contributed by atoms with E-state index < -0.39 is 21.7 Å². The van der Waals surface area contributed by atoms with Crippen LogP contribution >= 0.6 is 0 Å². The van der Waals surface area contributed by atoms with E-state index in [2.05, 4.69) is 15.3 Å². The van der Waals surface area contributed by atoms with Gasteiger partial charge < -0.3 is 14.1 Å². The van der Waals surface area contributed by atoms with Gasteiger partial charge in [0.25, 0.3) is 5.91 Å². The van der Waals surface area contributed by atoms with Crippen LogP contribution in [0.2, 0.25) is 0 Å². The van der Waals surface area contributed by atoms with Gasteiger partial charge in [-0.05, 0) is 42.0 Å². The van der Waals surface area contributed by atoms with Crippen LogP contribution in [0.5, 0.6) is 0 Å². The van der Waals surface area contributed by atoms with Crippen molar-refractivity contribution in [3.8, 4) is 33.7 Å². The van der Waals surface area contributed by atoms with Crippen LogP contribution in [0.25, 0.3) is 50.3 Å². The van der Waals surface area contributed by atoms with Crippen LogP contribution in [0, 0.1) is 5.82 Å². The predicted molar refractivity (Wildman–Crippen MR) is 156 cm³/mol. The lowest BCUT2D eigenvalue weighted by atomic mass is 9.97. The Labute approximate surface area is 234 Å². The van der Waals surface area contributed by atoms with Crippen LogP contribution in [0.4, 0.5) is 10.1 Å². The summed E-state index contributed by atoms with van der Waals surface area (Å²) in [5.74, 6) is -0.575. The molecule has 3 aromatic heterocycles. The normalized spacial score (nSPS) is 11.7. The molecule has 41 heavy (non-hydrogen) atoms. The zero-order valence-electron chi connectivity index (χ0n) is 22.3. The number of hydrogen-bond acceptors (Lipinski definition) is 6. The molecule has 0 saturated heterocycles. The van der Waals surface area contributed by atoms with Gasteiger partial charge in [-0.25, -0.2) is 17.8 Å². The molecule has 0 unspecified atom stereocenters. The van der Waals surface area contributed by atoms with Gasteiger partial charge in [-0.2, -0.15) is 0 Å². The largest absolute Gasteiger partial charge is 0.455 e. The molecule has 1 amide bonds. The zero-order chi connectivity index (χ0) is 28.9. The highest BCUT2D eigenvalue weighted by atomic mass is 32.2. The number of halogens is 1. The van der Waals surface area contributed by atoms with Crippen molar-refractivity contribution in [3.63, 3.8) is 0 Å².